The zero-order chi connectivity index (χ0) is 9.68. The van der Waals surface area contributed by atoms with Crippen LogP contribution in [0.25, 0.3) is 0 Å². The van der Waals surface area contributed by atoms with Gasteiger partial charge in [-0.05, 0) is 0 Å². The molecule has 0 aliphatic carbocycles. The van der Waals surface area contributed by atoms with Crippen LogP contribution in [0, 0.1) is 0 Å². The Morgan fingerprint density at radius 2 is 2.31 bits per heavy atom. The van der Waals surface area contributed by atoms with Crippen LogP contribution in [0.2, 0.25) is 0 Å². The number of aliphatic hydroxyl groups is 3. The summed E-state index contributed by atoms with van der Waals surface area (Å²) >= 11 is 0. The second-order valence-electron chi connectivity index (χ2n) is 2.73. The van der Waals surface area contributed by atoms with Gasteiger partial charge in [-0.25, -0.2) is 0 Å². The molecule has 0 aromatic heterocycles. The first-order chi connectivity index (χ1) is 6.26. The minimum atomic E-state index is -0.930. The van der Waals surface area contributed by atoms with Crippen molar-refractivity contribution < 1.29 is 29.3 Å². The maximum Gasteiger partial charge on any atom is 0.639 e. The second kappa shape index (κ2) is 5.53. The van der Waals surface area contributed by atoms with Gasteiger partial charge in [-0.15, -0.1) is 0 Å². The fraction of sp³-hybridized carbons (Fsp3) is 1.00. The zero-order valence-electron chi connectivity index (χ0n) is 7.13. The average Bonchev–Trinajstić information content (AvgIpc) is 2.61. The van der Waals surface area contributed by atoms with Gasteiger partial charge in [0.2, 0.25) is 0 Å². The molecule has 7 heteroatoms. The Kier molecular flexibility index (Phi) is 4.64. The molecule has 0 saturated carbocycles. The molecule has 76 valence electrons. The summed E-state index contributed by atoms with van der Waals surface area (Å²) in [5.41, 5.74) is 0. The van der Waals surface area contributed by atoms with Crippen LogP contribution in [0.3, 0.4) is 0 Å². The van der Waals surface area contributed by atoms with Gasteiger partial charge in [0.05, 0.1) is 38.6 Å². The predicted molar refractivity (Wildman–Crippen MR) is 42.7 cm³/mol. The van der Waals surface area contributed by atoms with Crippen LogP contribution >= 0.6 is 0 Å². The van der Waals surface area contributed by atoms with Crippen LogP contribution in [0.4, 0.5) is 0 Å². The fourth-order valence-corrected chi connectivity index (χ4v) is 0.847. The largest absolute Gasteiger partial charge is 0.639 e. The van der Waals surface area contributed by atoms with Crippen molar-refractivity contribution in [2.45, 2.75) is 12.2 Å². The Morgan fingerprint density at radius 3 is 2.85 bits per heavy atom. The summed E-state index contributed by atoms with van der Waals surface area (Å²) in [6.07, 6.45) is -1.29. The van der Waals surface area contributed by atoms with Crippen LogP contribution < -0.4 is 0 Å². The highest BCUT2D eigenvalue weighted by atomic mass is 16.8. The van der Waals surface area contributed by atoms with Gasteiger partial charge >= 0.3 is 7.32 Å². The maximum atomic E-state index is 8.91. The SMILES string of the molecule is OCC(O)COB1OCC(CO)O1. The van der Waals surface area contributed by atoms with E-state index in [-0.39, 0.29) is 32.5 Å². The van der Waals surface area contributed by atoms with Crippen LogP contribution in [0.15, 0.2) is 0 Å². The Morgan fingerprint density at radius 1 is 1.54 bits per heavy atom. The molecule has 0 aromatic carbocycles. The lowest BCUT2D eigenvalue weighted by Gasteiger charge is -2.09. The summed E-state index contributed by atoms with van der Waals surface area (Å²) in [7, 11) is -0.849. The molecule has 1 heterocycles. The first kappa shape index (κ1) is 10.9. The lowest BCUT2D eigenvalue weighted by molar-refractivity contribution is 0.0319. The first-order valence-electron chi connectivity index (χ1n) is 4.04. The van der Waals surface area contributed by atoms with E-state index >= 15 is 0 Å². The van der Waals surface area contributed by atoms with Crippen LogP contribution in [0.1, 0.15) is 0 Å². The molecule has 0 spiro atoms. The van der Waals surface area contributed by atoms with Crippen molar-refractivity contribution in [2.24, 2.45) is 0 Å². The van der Waals surface area contributed by atoms with Gasteiger partial charge in [0.1, 0.15) is 0 Å². The van der Waals surface area contributed by atoms with Crippen molar-refractivity contribution in [1.29, 1.82) is 0 Å². The van der Waals surface area contributed by atoms with E-state index in [1.54, 1.807) is 0 Å². The molecule has 0 radical (unpaired) electrons. The second-order valence-corrected chi connectivity index (χ2v) is 2.73. The van der Waals surface area contributed by atoms with Crippen molar-refractivity contribution in [3.8, 4) is 0 Å². The molecule has 3 N–H and O–H groups in total. The van der Waals surface area contributed by atoms with Gasteiger partial charge in [0.25, 0.3) is 0 Å². The first-order valence-corrected chi connectivity index (χ1v) is 4.04. The maximum absolute atomic E-state index is 8.91. The standard InChI is InChI=1S/C6H13BO6/c8-1-5(10)3-11-7-12-4-6(2-9)13-7/h5-6,8-10H,1-4H2. The van der Waals surface area contributed by atoms with E-state index in [4.69, 9.17) is 29.3 Å². The molecule has 1 saturated heterocycles. The summed E-state index contributed by atoms with van der Waals surface area (Å²) in [6, 6.07) is 0. The Balaban J connectivity index is 2.10. The number of hydrogen-bond acceptors (Lipinski definition) is 6. The summed E-state index contributed by atoms with van der Waals surface area (Å²) in [6.45, 7) is -0.270. The Bertz CT molecular complexity index is 145. The molecule has 13 heavy (non-hydrogen) atoms. The number of hydrogen-bond donors (Lipinski definition) is 3. The lowest BCUT2D eigenvalue weighted by Crippen LogP contribution is -2.29. The van der Waals surface area contributed by atoms with Gasteiger partial charge in [0.15, 0.2) is 0 Å². The number of rotatable bonds is 5. The van der Waals surface area contributed by atoms with E-state index < -0.39 is 13.4 Å². The predicted octanol–water partition coefficient (Wildman–Crippen LogP) is -2.25. The molecular formula is C6H13BO6. The molecule has 1 fully saturated rings. The number of aliphatic hydroxyl groups excluding tert-OH is 3. The van der Waals surface area contributed by atoms with E-state index in [1.807, 2.05) is 0 Å². The van der Waals surface area contributed by atoms with Crippen molar-refractivity contribution in [3.63, 3.8) is 0 Å². The molecular weight excluding hydrogens is 179 g/mol. The third kappa shape index (κ3) is 3.59. The lowest BCUT2D eigenvalue weighted by atomic mass is 10.2. The van der Waals surface area contributed by atoms with E-state index in [2.05, 4.69) is 0 Å². The quantitative estimate of drug-likeness (QED) is 0.426. The highest BCUT2D eigenvalue weighted by Crippen LogP contribution is 2.08. The molecule has 2 unspecified atom stereocenters. The molecule has 0 amide bonds. The van der Waals surface area contributed by atoms with Crippen LogP contribution in [-0.2, 0) is 14.0 Å². The van der Waals surface area contributed by atoms with Gasteiger partial charge in [-0.3, -0.25) is 0 Å². The van der Waals surface area contributed by atoms with Crippen LogP contribution in [0.5, 0.6) is 0 Å². The minimum absolute atomic E-state index is 0.0562. The molecule has 0 bridgehead atoms. The smallest absolute Gasteiger partial charge is 0.394 e. The van der Waals surface area contributed by atoms with E-state index in [1.165, 1.54) is 0 Å². The van der Waals surface area contributed by atoms with Gasteiger partial charge in [0, 0.05) is 0 Å². The van der Waals surface area contributed by atoms with Gasteiger partial charge < -0.3 is 29.3 Å². The molecule has 1 aliphatic heterocycles. The summed E-state index contributed by atoms with van der Waals surface area (Å²) in [5, 5.41) is 26.0. The third-order valence-electron chi connectivity index (χ3n) is 1.56. The average molecular weight is 192 g/mol. The molecule has 6 nitrogen and oxygen atoms in total. The van der Waals surface area contributed by atoms with Crippen molar-refractivity contribution in [3.05, 3.63) is 0 Å². The zero-order valence-corrected chi connectivity index (χ0v) is 7.13. The van der Waals surface area contributed by atoms with Gasteiger partial charge in [-0.2, -0.15) is 0 Å². The van der Waals surface area contributed by atoms with Crippen molar-refractivity contribution in [1.82, 2.24) is 0 Å². The minimum Gasteiger partial charge on any atom is -0.394 e. The Labute approximate surface area is 76.2 Å². The van der Waals surface area contributed by atoms with Crippen molar-refractivity contribution in [2.75, 3.05) is 26.4 Å². The van der Waals surface area contributed by atoms with Crippen molar-refractivity contribution >= 4 is 7.32 Å². The van der Waals surface area contributed by atoms with Crippen LogP contribution in [-0.4, -0.2) is 61.3 Å². The molecule has 2 atom stereocenters. The highest BCUT2D eigenvalue weighted by molar-refractivity contribution is 6.37. The van der Waals surface area contributed by atoms with E-state index in [9.17, 15) is 0 Å². The molecule has 1 rings (SSSR count). The molecule has 1 aliphatic rings. The van der Waals surface area contributed by atoms with E-state index in [0.29, 0.717) is 0 Å². The summed E-state index contributed by atoms with van der Waals surface area (Å²) in [5.74, 6) is 0. The highest BCUT2D eigenvalue weighted by Gasteiger charge is 2.33. The topological polar surface area (TPSA) is 88.4 Å². The molecule has 0 aromatic rings. The Hall–Kier alpha value is -0.175. The van der Waals surface area contributed by atoms with E-state index in [0.717, 1.165) is 0 Å². The van der Waals surface area contributed by atoms with Gasteiger partial charge in [-0.1, -0.05) is 0 Å². The summed E-state index contributed by atoms with van der Waals surface area (Å²) < 4.78 is 14.9. The summed E-state index contributed by atoms with van der Waals surface area (Å²) in [4.78, 5) is 0. The fourth-order valence-electron chi connectivity index (χ4n) is 0.847. The monoisotopic (exact) mass is 192 g/mol. The third-order valence-corrected chi connectivity index (χ3v) is 1.56. The normalized spacial score (nSPS) is 25.2.